The number of anilines is 1. The Hall–Kier alpha value is -1.42. The van der Waals surface area contributed by atoms with Crippen LogP contribution in [0.1, 0.15) is 33.1 Å². The molecule has 0 spiro atoms. The second-order valence-electron chi connectivity index (χ2n) is 5.49. The second kappa shape index (κ2) is 5.17. The summed E-state index contributed by atoms with van der Waals surface area (Å²) >= 11 is 6.02. The van der Waals surface area contributed by atoms with Gasteiger partial charge in [-0.2, -0.15) is 4.98 Å². The SMILES string of the molecule is CC1CCCC(C)N1c1nc(Cl)nc2cccc(F)c12. The molecule has 2 atom stereocenters. The van der Waals surface area contributed by atoms with Crippen molar-refractivity contribution in [2.45, 2.75) is 45.2 Å². The molecular weight excluding hydrogens is 277 g/mol. The second-order valence-corrected chi connectivity index (χ2v) is 5.82. The Morgan fingerprint density at radius 3 is 2.60 bits per heavy atom. The lowest BCUT2D eigenvalue weighted by molar-refractivity contribution is 0.412. The van der Waals surface area contributed by atoms with Crippen molar-refractivity contribution in [3.63, 3.8) is 0 Å². The van der Waals surface area contributed by atoms with Crippen molar-refractivity contribution in [2.75, 3.05) is 4.90 Å². The average molecular weight is 294 g/mol. The van der Waals surface area contributed by atoms with Crippen LogP contribution in [0.25, 0.3) is 10.9 Å². The molecule has 0 amide bonds. The Kier molecular flexibility index (Phi) is 3.50. The minimum Gasteiger partial charge on any atom is -0.350 e. The lowest BCUT2D eigenvalue weighted by atomic mass is 9.97. The summed E-state index contributed by atoms with van der Waals surface area (Å²) in [5.74, 6) is 0.331. The van der Waals surface area contributed by atoms with Gasteiger partial charge in [-0.1, -0.05) is 6.07 Å². The average Bonchev–Trinajstić information content (AvgIpc) is 2.38. The Balaban J connectivity index is 2.24. The predicted octanol–water partition coefficient (Wildman–Crippen LogP) is 4.19. The maximum Gasteiger partial charge on any atom is 0.224 e. The minimum absolute atomic E-state index is 0.170. The van der Waals surface area contributed by atoms with Crippen molar-refractivity contribution in [1.82, 2.24) is 9.97 Å². The molecule has 20 heavy (non-hydrogen) atoms. The van der Waals surface area contributed by atoms with Gasteiger partial charge in [0, 0.05) is 12.1 Å². The van der Waals surface area contributed by atoms with Crippen LogP contribution in [0, 0.1) is 5.82 Å². The maximum absolute atomic E-state index is 14.2. The van der Waals surface area contributed by atoms with E-state index in [2.05, 4.69) is 28.7 Å². The fourth-order valence-electron chi connectivity index (χ4n) is 3.12. The number of halogens is 2. The molecule has 1 aliphatic rings. The van der Waals surface area contributed by atoms with Crippen LogP contribution in [0.15, 0.2) is 18.2 Å². The zero-order chi connectivity index (χ0) is 14.3. The van der Waals surface area contributed by atoms with E-state index < -0.39 is 0 Å². The molecule has 2 unspecified atom stereocenters. The van der Waals surface area contributed by atoms with Gasteiger partial charge in [-0.25, -0.2) is 9.37 Å². The lowest BCUT2D eigenvalue weighted by Gasteiger charge is -2.40. The quantitative estimate of drug-likeness (QED) is 0.738. The van der Waals surface area contributed by atoms with Crippen LogP contribution >= 0.6 is 11.6 Å². The zero-order valence-corrected chi connectivity index (χ0v) is 12.4. The van der Waals surface area contributed by atoms with Gasteiger partial charge in [0.2, 0.25) is 5.28 Å². The summed E-state index contributed by atoms with van der Waals surface area (Å²) in [5, 5.41) is 0.639. The summed E-state index contributed by atoms with van der Waals surface area (Å²) in [7, 11) is 0. The normalized spacial score (nSPS) is 23.3. The number of piperidine rings is 1. The zero-order valence-electron chi connectivity index (χ0n) is 11.6. The number of fused-ring (bicyclic) bond motifs is 1. The van der Waals surface area contributed by atoms with Crippen molar-refractivity contribution in [2.24, 2.45) is 0 Å². The van der Waals surface area contributed by atoms with Gasteiger partial charge in [-0.05, 0) is 56.8 Å². The van der Waals surface area contributed by atoms with E-state index in [4.69, 9.17) is 11.6 Å². The molecule has 1 aromatic heterocycles. The molecule has 3 nitrogen and oxygen atoms in total. The van der Waals surface area contributed by atoms with Crippen LogP contribution in [0.3, 0.4) is 0 Å². The first-order valence-corrected chi connectivity index (χ1v) is 7.36. The van der Waals surface area contributed by atoms with Gasteiger partial charge in [-0.3, -0.25) is 0 Å². The fourth-order valence-corrected chi connectivity index (χ4v) is 3.29. The summed E-state index contributed by atoms with van der Waals surface area (Å²) in [6.07, 6.45) is 3.36. The molecule has 1 aliphatic heterocycles. The van der Waals surface area contributed by atoms with Crippen LogP contribution in [0.4, 0.5) is 10.2 Å². The number of hydrogen-bond acceptors (Lipinski definition) is 3. The number of nitrogens with zero attached hydrogens (tertiary/aromatic N) is 3. The van der Waals surface area contributed by atoms with Gasteiger partial charge in [-0.15, -0.1) is 0 Å². The number of benzene rings is 1. The molecule has 1 aromatic carbocycles. The monoisotopic (exact) mass is 293 g/mol. The molecule has 1 fully saturated rings. The van der Waals surface area contributed by atoms with E-state index in [1.807, 2.05) is 0 Å². The molecule has 2 heterocycles. The van der Waals surface area contributed by atoms with E-state index in [9.17, 15) is 4.39 Å². The van der Waals surface area contributed by atoms with Crippen LogP contribution in [0.2, 0.25) is 5.28 Å². The minimum atomic E-state index is -0.292. The topological polar surface area (TPSA) is 29.0 Å². The highest BCUT2D eigenvalue weighted by atomic mass is 35.5. The molecule has 2 aromatic rings. The van der Waals surface area contributed by atoms with Crippen molar-refractivity contribution >= 4 is 28.3 Å². The molecule has 1 saturated heterocycles. The van der Waals surface area contributed by atoms with E-state index in [-0.39, 0.29) is 11.1 Å². The molecule has 0 saturated carbocycles. The highest BCUT2D eigenvalue weighted by Gasteiger charge is 2.28. The number of hydrogen-bond donors (Lipinski definition) is 0. The van der Waals surface area contributed by atoms with Crippen molar-refractivity contribution in [3.8, 4) is 0 Å². The van der Waals surface area contributed by atoms with E-state index in [0.717, 1.165) is 12.8 Å². The van der Waals surface area contributed by atoms with Crippen LogP contribution < -0.4 is 4.90 Å². The first-order valence-electron chi connectivity index (χ1n) is 6.98. The third-order valence-electron chi connectivity index (χ3n) is 4.06. The number of rotatable bonds is 1. The summed E-state index contributed by atoms with van der Waals surface area (Å²) in [5.41, 5.74) is 0.560. The maximum atomic E-state index is 14.2. The molecular formula is C15H17ClFN3. The molecule has 5 heteroatoms. The molecule has 0 aliphatic carbocycles. The standard InChI is InChI=1S/C15H17ClFN3/c1-9-5-3-6-10(2)20(9)14-13-11(17)7-4-8-12(13)18-15(16)19-14/h4,7-10H,3,5-6H2,1-2H3. The Morgan fingerprint density at radius 1 is 1.20 bits per heavy atom. The molecule has 3 rings (SSSR count). The lowest BCUT2D eigenvalue weighted by Crippen LogP contribution is -2.44. The first kappa shape index (κ1) is 13.6. The van der Waals surface area contributed by atoms with E-state index in [1.54, 1.807) is 12.1 Å². The van der Waals surface area contributed by atoms with Gasteiger partial charge in [0.25, 0.3) is 0 Å². The molecule has 106 valence electrons. The van der Waals surface area contributed by atoms with E-state index >= 15 is 0 Å². The fraction of sp³-hybridized carbons (Fsp3) is 0.467. The van der Waals surface area contributed by atoms with Crippen molar-refractivity contribution < 1.29 is 4.39 Å². The summed E-state index contributed by atoms with van der Waals surface area (Å²) < 4.78 is 14.2. The molecule has 0 bridgehead atoms. The first-order chi connectivity index (χ1) is 9.58. The third-order valence-corrected chi connectivity index (χ3v) is 4.23. The van der Waals surface area contributed by atoms with Gasteiger partial charge in [0.05, 0.1) is 10.9 Å². The Morgan fingerprint density at radius 2 is 1.90 bits per heavy atom. The Bertz CT molecular complexity index is 636. The summed E-state index contributed by atoms with van der Waals surface area (Å²) in [4.78, 5) is 10.6. The summed E-state index contributed by atoms with van der Waals surface area (Å²) in [6, 6.07) is 5.52. The van der Waals surface area contributed by atoms with E-state index in [0.29, 0.717) is 28.8 Å². The van der Waals surface area contributed by atoms with Crippen molar-refractivity contribution in [3.05, 3.63) is 29.3 Å². The van der Waals surface area contributed by atoms with Crippen molar-refractivity contribution in [1.29, 1.82) is 0 Å². The van der Waals surface area contributed by atoms with Crippen LogP contribution in [-0.2, 0) is 0 Å². The smallest absolute Gasteiger partial charge is 0.224 e. The van der Waals surface area contributed by atoms with Crippen LogP contribution in [-0.4, -0.2) is 22.1 Å². The largest absolute Gasteiger partial charge is 0.350 e. The Labute approximate surface area is 122 Å². The third kappa shape index (κ3) is 2.22. The molecule has 0 radical (unpaired) electrons. The van der Waals surface area contributed by atoms with Crippen LogP contribution in [0.5, 0.6) is 0 Å². The highest BCUT2D eigenvalue weighted by molar-refractivity contribution is 6.28. The number of aromatic nitrogens is 2. The van der Waals surface area contributed by atoms with Gasteiger partial charge in [0.15, 0.2) is 0 Å². The van der Waals surface area contributed by atoms with Gasteiger partial charge >= 0.3 is 0 Å². The van der Waals surface area contributed by atoms with Gasteiger partial charge < -0.3 is 4.90 Å². The predicted molar refractivity (Wildman–Crippen MR) is 79.8 cm³/mol. The highest BCUT2D eigenvalue weighted by Crippen LogP contribution is 2.34. The van der Waals surface area contributed by atoms with E-state index in [1.165, 1.54) is 12.5 Å². The summed E-state index contributed by atoms with van der Waals surface area (Å²) in [6.45, 7) is 4.30. The van der Waals surface area contributed by atoms with Gasteiger partial charge in [0.1, 0.15) is 11.6 Å². The molecule has 0 N–H and O–H groups in total.